The SMILES string of the molecule is C[C@@H](c1ccccc1Br)n1cc(CCC2(O)CN(C(=O)C(C)(C)Cc3ccc(Br)c(F)c3)C2)nn1. The Balaban J connectivity index is 1.30. The molecule has 1 atom stereocenters. The molecule has 0 saturated carbocycles. The number of aliphatic hydroxyl groups is 1. The number of hydrogen-bond acceptors (Lipinski definition) is 4. The van der Waals surface area contributed by atoms with Crippen LogP contribution in [0.25, 0.3) is 0 Å². The van der Waals surface area contributed by atoms with Crippen molar-refractivity contribution in [1.29, 1.82) is 0 Å². The van der Waals surface area contributed by atoms with Gasteiger partial charge in [0, 0.05) is 16.1 Å². The number of benzene rings is 2. The fraction of sp³-hybridized carbons (Fsp3) is 0.423. The Morgan fingerprint density at radius 2 is 1.91 bits per heavy atom. The first-order chi connectivity index (χ1) is 16.5. The molecule has 0 bridgehead atoms. The number of amides is 1. The van der Waals surface area contributed by atoms with Crippen LogP contribution in [-0.2, 0) is 17.6 Å². The second-order valence-electron chi connectivity index (χ2n) is 10.1. The molecule has 0 aliphatic carbocycles. The largest absolute Gasteiger partial charge is 0.386 e. The van der Waals surface area contributed by atoms with E-state index < -0.39 is 11.0 Å². The quantitative estimate of drug-likeness (QED) is 0.376. The van der Waals surface area contributed by atoms with Gasteiger partial charge in [-0.05, 0) is 71.4 Å². The molecule has 1 amide bonds. The van der Waals surface area contributed by atoms with E-state index in [0.29, 0.717) is 23.7 Å². The molecule has 1 saturated heterocycles. The van der Waals surface area contributed by atoms with Gasteiger partial charge in [0.15, 0.2) is 0 Å². The minimum atomic E-state index is -0.937. The molecule has 2 aromatic carbocycles. The Labute approximate surface area is 221 Å². The third-order valence-corrected chi connectivity index (χ3v) is 7.99. The molecule has 6 nitrogen and oxygen atoms in total. The summed E-state index contributed by atoms with van der Waals surface area (Å²) in [6, 6.07) is 13.0. The molecule has 2 heterocycles. The van der Waals surface area contributed by atoms with Crippen molar-refractivity contribution in [2.75, 3.05) is 13.1 Å². The van der Waals surface area contributed by atoms with Crippen molar-refractivity contribution in [3.8, 4) is 0 Å². The molecule has 0 radical (unpaired) electrons. The van der Waals surface area contributed by atoms with Crippen molar-refractivity contribution in [3.63, 3.8) is 0 Å². The van der Waals surface area contributed by atoms with E-state index in [-0.39, 0.29) is 30.9 Å². The van der Waals surface area contributed by atoms with Crippen LogP contribution in [0.5, 0.6) is 0 Å². The summed E-state index contributed by atoms with van der Waals surface area (Å²) in [5.74, 6) is -0.384. The van der Waals surface area contributed by atoms with E-state index in [9.17, 15) is 14.3 Å². The number of hydrogen-bond donors (Lipinski definition) is 1. The van der Waals surface area contributed by atoms with E-state index >= 15 is 0 Å². The molecular weight excluding hydrogens is 579 g/mol. The maximum Gasteiger partial charge on any atom is 0.228 e. The zero-order valence-electron chi connectivity index (χ0n) is 20.0. The van der Waals surface area contributed by atoms with Crippen LogP contribution >= 0.6 is 31.9 Å². The maximum absolute atomic E-state index is 13.9. The normalized spacial score (nSPS) is 16.1. The predicted octanol–water partition coefficient (Wildman–Crippen LogP) is 5.33. The first kappa shape index (κ1) is 26.0. The highest BCUT2D eigenvalue weighted by atomic mass is 79.9. The number of carbonyl (C=O) groups excluding carboxylic acids is 1. The topological polar surface area (TPSA) is 71.2 Å². The van der Waals surface area contributed by atoms with Gasteiger partial charge in [-0.2, -0.15) is 0 Å². The number of rotatable bonds is 8. The van der Waals surface area contributed by atoms with Crippen LogP contribution in [0.4, 0.5) is 4.39 Å². The van der Waals surface area contributed by atoms with Crippen molar-refractivity contribution in [1.82, 2.24) is 19.9 Å². The highest BCUT2D eigenvalue weighted by Gasteiger charge is 2.46. The zero-order valence-corrected chi connectivity index (χ0v) is 23.2. The summed E-state index contributed by atoms with van der Waals surface area (Å²) in [6.45, 7) is 6.34. The van der Waals surface area contributed by atoms with Crippen LogP contribution in [-0.4, -0.2) is 49.6 Å². The number of carbonyl (C=O) groups is 1. The van der Waals surface area contributed by atoms with Gasteiger partial charge >= 0.3 is 0 Å². The van der Waals surface area contributed by atoms with E-state index in [4.69, 9.17) is 0 Å². The number of aryl methyl sites for hydroxylation is 1. The smallest absolute Gasteiger partial charge is 0.228 e. The highest BCUT2D eigenvalue weighted by molar-refractivity contribution is 9.10. The average molecular weight is 608 g/mol. The second-order valence-corrected chi connectivity index (χ2v) is 11.8. The lowest BCUT2D eigenvalue weighted by Gasteiger charge is -2.49. The van der Waals surface area contributed by atoms with Gasteiger partial charge < -0.3 is 10.0 Å². The Kier molecular flexibility index (Phi) is 7.50. The predicted molar refractivity (Wildman–Crippen MR) is 139 cm³/mol. The van der Waals surface area contributed by atoms with Crippen LogP contribution in [0.3, 0.4) is 0 Å². The first-order valence-electron chi connectivity index (χ1n) is 11.6. The molecule has 1 N–H and O–H groups in total. The number of nitrogens with zero attached hydrogens (tertiary/aromatic N) is 4. The van der Waals surface area contributed by atoms with Crippen LogP contribution in [0.2, 0.25) is 0 Å². The summed E-state index contributed by atoms with van der Waals surface area (Å²) in [4.78, 5) is 14.8. The molecule has 0 spiro atoms. The third kappa shape index (κ3) is 5.84. The molecular formula is C26H29Br2FN4O2. The molecule has 1 aromatic heterocycles. The Bertz CT molecular complexity index is 1220. The van der Waals surface area contributed by atoms with Crippen molar-refractivity contribution >= 4 is 37.8 Å². The van der Waals surface area contributed by atoms with Crippen molar-refractivity contribution in [2.24, 2.45) is 5.41 Å². The van der Waals surface area contributed by atoms with Crippen LogP contribution in [0.1, 0.15) is 50.1 Å². The van der Waals surface area contributed by atoms with E-state index in [1.165, 1.54) is 6.07 Å². The number of likely N-dealkylation sites (tertiary alicyclic amines) is 1. The van der Waals surface area contributed by atoms with Gasteiger partial charge in [0.2, 0.25) is 5.91 Å². The van der Waals surface area contributed by atoms with E-state index in [1.807, 2.05) is 55.1 Å². The summed E-state index contributed by atoms with van der Waals surface area (Å²) in [5, 5.41) is 19.5. The Hall–Kier alpha value is -2.10. The first-order valence-corrected chi connectivity index (χ1v) is 13.2. The van der Waals surface area contributed by atoms with Gasteiger partial charge in [0.1, 0.15) is 11.4 Å². The summed E-state index contributed by atoms with van der Waals surface area (Å²) in [7, 11) is 0. The minimum Gasteiger partial charge on any atom is -0.386 e. The second kappa shape index (κ2) is 10.1. The highest BCUT2D eigenvalue weighted by Crippen LogP contribution is 2.33. The van der Waals surface area contributed by atoms with E-state index in [0.717, 1.165) is 21.3 Å². The van der Waals surface area contributed by atoms with Gasteiger partial charge in [0.25, 0.3) is 0 Å². The summed E-state index contributed by atoms with van der Waals surface area (Å²) in [6.07, 6.45) is 3.40. The van der Waals surface area contributed by atoms with Crippen molar-refractivity contribution in [2.45, 2.75) is 51.7 Å². The molecule has 0 unspecified atom stereocenters. The molecule has 1 fully saturated rings. The Morgan fingerprint density at radius 1 is 1.20 bits per heavy atom. The summed E-state index contributed by atoms with van der Waals surface area (Å²) >= 11 is 6.74. The number of halogens is 3. The van der Waals surface area contributed by atoms with Crippen LogP contribution in [0, 0.1) is 11.2 Å². The number of aromatic nitrogens is 3. The van der Waals surface area contributed by atoms with Crippen molar-refractivity contribution in [3.05, 3.63) is 80.2 Å². The average Bonchev–Trinajstić information content (AvgIpc) is 3.27. The summed E-state index contributed by atoms with van der Waals surface area (Å²) in [5.41, 5.74) is 1.04. The molecule has 35 heavy (non-hydrogen) atoms. The molecule has 186 valence electrons. The lowest BCUT2D eigenvalue weighted by molar-refractivity contribution is -0.165. The molecule has 1 aliphatic rings. The van der Waals surface area contributed by atoms with Gasteiger partial charge in [-0.1, -0.05) is 59.3 Å². The summed E-state index contributed by atoms with van der Waals surface area (Å²) < 4.78 is 17.1. The van der Waals surface area contributed by atoms with Gasteiger partial charge in [-0.25, -0.2) is 9.07 Å². The molecule has 3 aromatic rings. The minimum absolute atomic E-state index is 0.0214. The van der Waals surface area contributed by atoms with Crippen LogP contribution < -0.4 is 0 Å². The third-order valence-electron chi connectivity index (χ3n) is 6.62. The van der Waals surface area contributed by atoms with Gasteiger partial charge in [-0.15, -0.1) is 5.10 Å². The molecule has 4 rings (SSSR count). The molecule has 9 heteroatoms. The van der Waals surface area contributed by atoms with Crippen molar-refractivity contribution < 1.29 is 14.3 Å². The lowest BCUT2D eigenvalue weighted by atomic mass is 9.80. The monoisotopic (exact) mass is 606 g/mol. The maximum atomic E-state index is 13.9. The van der Waals surface area contributed by atoms with Crippen LogP contribution in [0.15, 0.2) is 57.6 Å². The van der Waals surface area contributed by atoms with E-state index in [2.05, 4.69) is 49.1 Å². The molecule has 1 aliphatic heterocycles. The van der Waals surface area contributed by atoms with E-state index in [1.54, 1.807) is 11.0 Å². The number of β-amino-alcohol motifs (C(OH)–C–C–N with tert-alkyl or cyclic N) is 1. The lowest BCUT2D eigenvalue weighted by Crippen LogP contribution is -2.65. The standard InChI is InChI=1S/C26H29Br2FN4O2/c1-17(20-6-4-5-7-21(20)27)33-14-19(30-31-33)10-11-26(35)15-32(16-26)24(34)25(2,3)13-18-8-9-22(28)23(29)12-18/h4-9,12,14,17,35H,10-11,13,15-16H2,1-3H3/t17-/m0/s1. The van der Waals surface area contributed by atoms with Gasteiger partial charge in [0.05, 0.1) is 29.3 Å². The fourth-order valence-electron chi connectivity index (χ4n) is 4.56. The fourth-order valence-corrected chi connectivity index (χ4v) is 5.43. The Morgan fingerprint density at radius 3 is 2.60 bits per heavy atom. The van der Waals surface area contributed by atoms with Gasteiger partial charge in [-0.3, -0.25) is 4.79 Å². The zero-order chi connectivity index (χ0) is 25.4.